The molecule has 0 aliphatic rings. The van der Waals surface area contributed by atoms with Gasteiger partial charge in [0.25, 0.3) is 0 Å². The first-order valence-corrected chi connectivity index (χ1v) is 21.6. The molecule has 0 saturated heterocycles. The fourth-order valence-electron chi connectivity index (χ4n) is 5.68. The highest BCUT2D eigenvalue weighted by atomic mass is 16.6. The Kier molecular flexibility index (Phi) is 36.0. The maximum atomic E-state index is 12.6. The van der Waals surface area contributed by atoms with Gasteiger partial charge in [0.15, 0.2) is 12.1 Å². The number of allylic oxidation sites excluding steroid dienone is 14. The van der Waals surface area contributed by atoms with Crippen LogP contribution in [0.4, 0.5) is 0 Å². The molecule has 0 aromatic heterocycles. The Morgan fingerprint density at radius 2 is 1.02 bits per heavy atom. The monoisotopic (exact) mass is 783 g/mol. The summed E-state index contributed by atoms with van der Waals surface area (Å²) in [6.45, 7) is 4.48. The number of hydrogen-bond donors (Lipinski definition) is 1. The second-order valence-corrected chi connectivity index (χ2v) is 15.2. The first-order valence-electron chi connectivity index (χ1n) is 21.6. The minimum Gasteiger partial charge on any atom is -0.477 e. The smallest absolute Gasteiger partial charge is 0.362 e. The van der Waals surface area contributed by atoms with E-state index in [1.165, 1.54) is 25.7 Å². The largest absolute Gasteiger partial charge is 0.477 e. The highest BCUT2D eigenvalue weighted by molar-refractivity contribution is 5.72. The Bertz CT molecular complexity index is 1190. The van der Waals surface area contributed by atoms with Crippen molar-refractivity contribution in [3.05, 3.63) is 85.1 Å². The molecule has 8 nitrogen and oxygen atoms in total. The summed E-state index contributed by atoms with van der Waals surface area (Å²) >= 11 is 0. The number of carbonyl (C=O) groups excluding carboxylic acids is 2. The number of likely N-dealkylation sites (N-methyl/N-ethyl adjacent to an activating group) is 1. The van der Waals surface area contributed by atoms with E-state index in [2.05, 4.69) is 98.9 Å². The van der Waals surface area contributed by atoms with Crippen molar-refractivity contribution in [1.29, 1.82) is 0 Å². The topological polar surface area (TPSA) is 99.1 Å². The lowest BCUT2D eigenvalue weighted by atomic mass is 10.1. The zero-order valence-corrected chi connectivity index (χ0v) is 36.1. The minimum atomic E-state index is -0.890. The molecule has 0 aromatic carbocycles. The SMILES string of the molecule is CC/C=C/C/C=C/C/C=C/CCCC(=O)OC(COCCC(C(=O)O)[N+](C)(C)C)COC(=O)CCCCCCC/C=C/C/C=C/C/C=C/C/C=C/CCCCC. The lowest BCUT2D eigenvalue weighted by molar-refractivity contribution is -0.887. The lowest BCUT2D eigenvalue weighted by Gasteiger charge is -2.31. The fourth-order valence-corrected chi connectivity index (χ4v) is 5.68. The first-order chi connectivity index (χ1) is 27.1. The van der Waals surface area contributed by atoms with Crippen molar-refractivity contribution in [2.75, 3.05) is 41.0 Å². The Balaban J connectivity index is 4.39. The van der Waals surface area contributed by atoms with Gasteiger partial charge in [-0.3, -0.25) is 9.59 Å². The molecule has 8 heteroatoms. The second kappa shape index (κ2) is 38.4. The summed E-state index contributed by atoms with van der Waals surface area (Å²) in [6, 6.07) is -0.630. The van der Waals surface area contributed by atoms with Crippen LogP contribution in [0.3, 0.4) is 0 Å². The van der Waals surface area contributed by atoms with E-state index in [1.807, 2.05) is 21.1 Å². The van der Waals surface area contributed by atoms with Gasteiger partial charge in [0.05, 0.1) is 34.4 Å². The quantitative estimate of drug-likeness (QED) is 0.0290. The van der Waals surface area contributed by atoms with E-state index in [4.69, 9.17) is 14.2 Å². The summed E-state index contributed by atoms with van der Waals surface area (Å²) < 4.78 is 17.2. The molecule has 0 aliphatic heterocycles. The summed E-state index contributed by atoms with van der Waals surface area (Å²) in [5.41, 5.74) is 0. The van der Waals surface area contributed by atoms with Crippen molar-refractivity contribution < 1.29 is 38.2 Å². The van der Waals surface area contributed by atoms with Gasteiger partial charge in [0, 0.05) is 19.3 Å². The van der Waals surface area contributed by atoms with Crippen LogP contribution in [0.15, 0.2) is 85.1 Å². The number of carboxylic acid groups (broad SMARTS) is 1. The number of carbonyl (C=O) groups is 3. The van der Waals surface area contributed by atoms with E-state index < -0.39 is 18.1 Å². The molecule has 0 aliphatic carbocycles. The second-order valence-electron chi connectivity index (χ2n) is 15.2. The van der Waals surface area contributed by atoms with Gasteiger partial charge < -0.3 is 23.8 Å². The van der Waals surface area contributed by atoms with Crippen molar-refractivity contribution >= 4 is 17.9 Å². The van der Waals surface area contributed by atoms with Gasteiger partial charge in [-0.15, -0.1) is 0 Å². The molecule has 0 amide bonds. The molecule has 2 unspecified atom stereocenters. The predicted molar refractivity (Wildman–Crippen MR) is 233 cm³/mol. The number of esters is 2. The molecular weight excluding hydrogens is 703 g/mol. The van der Waals surface area contributed by atoms with Gasteiger partial charge in [-0.2, -0.15) is 0 Å². The molecule has 0 saturated carbocycles. The maximum absolute atomic E-state index is 12.6. The Labute approximate surface area is 342 Å². The molecule has 56 heavy (non-hydrogen) atoms. The highest BCUT2D eigenvalue weighted by Crippen LogP contribution is 2.12. The average Bonchev–Trinajstić information content (AvgIpc) is 3.15. The third-order valence-corrected chi connectivity index (χ3v) is 9.03. The van der Waals surface area contributed by atoms with Crippen molar-refractivity contribution in [2.45, 2.75) is 161 Å². The van der Waals surface area contributed by atoms with Crippen LogP contribution in [0.1, 0.15) is 149 Å². The van der Waals surface area contributed by atoms with E-state index >= 15 is 0 Å². The van der Waals surface area contributed by atoms with Crippen LogP contribution in [0.2, 0.25) is 0 Å². The van der Waals surface area contributed by atoms with Crippen molar-refractivity contribution in [3.8, 4) is 0 Å². The standard InChI is InChI=1S/C48H79NO7/c1-6-8-10-12-14-16-18-19-20-21-22-23-24-25-26-27-29-30-32-34-36-38-46(50)55-43-44(42-54-41-40-45(48(52)53)49(3,4)5)56-47(51)39-37-35-33-31-28-17-15-13-11-9-7-2/h9,11,14-17,19-20,22-23,25-26,31,33,44-45H,6-8,10,12-13,18,21,24,27-30,32,34-43H2,1-5H3/p+1/b11-9+,16-14+,17-15+,20-19+,23-22+,26-25+,33-31+. The minimum absolute atomic E-state index is 0.0294. The van der Waals surface area contributed by atoms with Crippen molar-refractivity contribution in [2.24, 2.45) is 0 Å². The lowest BCUT2D eigenvalue weighted by Crippen LogP contribution is -2.50. The van der Waals surface area contributed by atoms with Crippen LogP contribution in [-0.4, -0.2) is 80.6 Å². The van der Waals surface area contributed by atoms with Crippen LogP contribution >= 0.6 is 0 Å². The first kappa shape index (κ1) is 52.5. The Hall–Kier alpha value is -3.49. The summed E-state index contributed by atoms with van der Waals surface area (Å²) in [5, 5.41) is 9.60. The Morgan fingerprint density at radius 3 is 1.54 bits per heavy atom. The fraction of sp³-hybridized carbons (Fsp3) is 0.646. The molecule has 0 fully saturated rings. The molecule has 0 rings (SSSR count). The third-order valence-electron chi connectivity index (χ3n) is 9.03. The summed E-state index contributed by atoms with van der Waals surface area (Å²) in [5.74, 6) is -1.58. The predicted octanol–water partition coefficient (Wildman–Crippen LogP) is 11.7. The molecular formula is C48H80NO7+. The van der Waals surface area contributed by atoms with Crippen LogP contribution in [0.25, 0.3) is 0 Å². The molecule has 0 heterocycles. The van der Waals surface area contributed by atoms with Gasteiger partial charge in [-0.25, -0.2) is 4.79 Å². The van der Waals surface area contributed by atoms with E-state index in [1.54, 1.807) is 0 Å². The average molecular weight is 783 g/mol. The van der Waals surface area contributed by atoms with Gasteiger partial charge >= 0.3 is 17.9 Å². The number of quaternary nitrogens is 1. The number of ether oxygens (including phenoxy) is 3. The van der Waals surface area contributed by atoms with Crippen LogP contribution in [-0.2, 0) is 28.6 Å². The number of nitrogens with zero attached hydrogens (tertiary/aromatic N) is 1. The van der Waals surface area contributed by atoms with E-state index in [0.717, 1.165) is 83.5 Å². The summed E-state index contributed by atoms with van der Waals surface area (Å²) in [6.07, 6.45) is 49.3. The molecule has 0 bridgehead atoms. The van der Waals surface area contributed by atoms with Crippen LogP contribution in [0, 0.1) is 0 Å². The normalized spacial score (nSPS) is 13.8. The van der Waals surface area contributed by atoms with Gasteiger partial charge in [-0.1, -0.05) is 131 Å². The van der Waals surface area contributed by atoms with E-state index in [0.29, 0.717) is 19.3 Å². The molecule has 0 aromatic rings. The van der Waals surface area contributed by atoms with E-state index in [-0.39, 0.29) is 42.7 Å². The van der Waals surface area contributed by atoms with Crippen molar-refractivity contribution in [3.63, 3.8) is 0 Å². The third kappa shape index (κ3) is 36.2. The number of carboxylic acids is 1. The molecule has 0 spiro atoms. The highest BCUT2D eigenvalue weighted by Gasteiger charge is 2.31. The summed E-state index contributed by atoms with van der Waals surface area (Å²) in [4.78, 5) is 36.9. The molecule has 318 valence electrons. The van der Waals surface area contributed by atoms with E-state index in [9.17, 15) is 19.5 Å². The number of hydrogen-bond acceptors (Lipinski definition) is 6. The van der Waals surface area contributed by atoms with Gasteiger partial charge in [0.2, 0.25) is 0 Å². The zero-order valence-electron chi connectivity index (χ0n) is 36.1. The van der Waals surface area contributed by atoms with Crippen LogP contribution in [0.5, 0.6) is 0 Å². The van der Waals surface area contributed by atoms with Gasteiger partial charge in [-0.05, 0) is 83.5 Å². The Morgan fingerprint density at radius 1 is 0.554 bits per heavy atom. The van der Waals surface area contributed by atoms with Crippen LogP contribution < -0.4 is 0 Å². The summed E-state index contributed by atoms with van der Waals surface area (Å²) in [7, 11) is 5.49. The molecule has 2 atom stereocenters. The molecule has 1 N–H and O–H groups in total. The van der Waals surface area contributed by atoms with Gasteiger partial charge in [0.1, 0.15) is 6.61 Å². The number of rotatable bonds is 37. The maximum Gasteiger partial charge on any atom is 0.362 e. The number of aliphatic carboxylic acids is 1. The number of unbranched alkanes of at least 4 members (excludes halogenated alkanes) is 9. The molecule has 0 radical (unpaired) electrons. The van der Waals surface area contributed by atoms with Crippen molar-refractivity contribution in [1.82, 2.24) is 0 Å². The zero-order chi connectivity index (χ0) is 41.4.